The summed E-state index contributed by atoms with van der Waals surface area (Å²) in [4.78, 5) is 21.1. The molecule has 2 aromatic carbocycles. The molecule has 3 rings (SSSR count). The van der Waals surface area contributed by atoms with E-state index in [2.05, 4.69) is 20.6 Å². The van der Waals surface area contributed by atoms with Crippen molar-refractivity contribution >= 4 is 17.4 Å². The number of nitrogens with zero attached hydrogens (tertiary/aromatic N) is 2. The summed E-state index contributed by atoms with van der Waals surface area (Å²) < 4.78 is 5.16. The molecule has 1 heterocycles. The van der Waals surface area contributed by atoms with Gasteiger partial charge in [-0.15, -0.1) is 0 Å². The lowest BCUT2D eigenvalue weighted by molar-refractivity contribution is 0.102. The number of aryl methyl sites for hydroxylation is 2. The second-order valence-corrected chi connectivity index (χ2v) is 6.21. The van der Waals surface area contributed by atoms with Crippen molar-refractivity contribution in [1.82, 2.24) is 9.97 Å². The van der Waals surface area contributed by atoms with Crippen LogP contribution in [-0.4, -0.2) is 23.0 Å². The minimum absolute atomic E-state index is 0.265. The fraction of sp³-hybridized carbons (Fsp3) is 0.190. The lowest BCUT2D eigenvalue weighted by Gasteiger charge is -2.10. The van der Waals surface area contributed by atoms with Crippen molar-refractivity contribution in [3.63, 3.8) is 0 Å². The van der Waals surface area contributed by atoms with Crippen LogP contribution in [0.25, 0.3) is 0 Å². The van der Waals surface area contributed by atoms with Crippen LogP contribution < -0.4 is 15.4 Å². The first kappa shape index (κ1) is 18.4. The molecule has 6 nitrogen and oxygen atoms in total. The highest BCUT2D eigenvalue weighted by atomic mass is 16.5. The Morgan fingerprint density at radius 3 is 2.52 bits per heavy atom. The molecule has 0 aliphatic rings. The molecule has 2 N–H and O–H groups in total. The number of hydrogen-bond acceptors (Lipinski definition) is 5. The lowest BCUT2D eigenvalue weighted by atomic mass is 10.2. The van der Waals surface area contributed by atoms with Gasteiger partial charge < -0.3 is 15.4 Å². The molecule has 3 aromatic rings. The Labute approximate surface area is 158 Å². The Hall–Kier alpha value is -3.41. The molecule has 1 amide bonds. The number of methoxy groups -OCH3 is 1. The normalized spacial score (nSPS) is 10.3. The summed E-state index contributed by atoms with van der Waals surface area (Å²) >= 11 is 0. The molecule has 0 atom stereocenters. The molecule has 0 aliphatic carbocycles. The van der Waals surface area contributed by atoms with Crippen LogP contribution in [0.4, 0.5) is 11.5 Å². The van der Waals surface area contributed by atoms with E-state index < -0.39 is 0 Å². The van der Waals surface area contributed by atoms with Gasteiger partial charge in [-0.25, -0.2) is 9.97 Å². The number of aromatic nitrogens is 2. The number of amides is 1. The number of carbonyl (C=O) groups is 1. The van der Waals surface area contributed by atoms with Gasteiger partial charge in [-0.2, -0.15) is 0 Å². The molecule has 0 bridgehead atoms. The minimum atomic E-state index is -0.265. The first-order valence-electron chi connectivity index (χ1n) is 8.64. The monoisotopic (exact) mass is 362 g/mol. The molecule has 6 heteroatoms. The molecule has 1 aromatic heterocycles. The molecule has 0 radical (unpaired) electrons. The maximum absolute atomic E-state index is 12.5. The molecule has 0 fully saturated rings. The highest BCUT2D eigenvalue weighted by molar-refractivity contribution is 6.03. The fourth-order valence-electron chi connectivity index (χ4n) is 2.63. The Morgan fingerprint density at radius 1 is 1.04 bits per heavy atom. The fourth-order valence-corrected chi connectivity index (χ4v) is 2.63. The molecule has 0 saturated carbocycles. The number of rotatable bonds is 6. The summed E-state index contributed by atoms with van der Waals surface area (Å²) in [6, 6.07) is 17.1. The Bertz CT molecular complexity index is 939. The van der Waals surface area contributed by atoms with E-state index in [0.717, 1.165) is 22.6 Å². The first-order chi connectivity index (χ1) is 13.0. The predicted molar refractivity (Wildman–Crippen MR) is 106 cm³/mol. The zero-order valence-electron chi connectivity index (χ0n) is 15.6. The molecule has 27 heavy (non-hydrogen) atoms. The van der Waals surface area contributed by atoms with Crippen LogP contribution in [-0.2, 0) is 6.54 Å². The topological polar surface area (TPSA) is 76.1 Å². The third-order valence-electron chi connectivity index (χ3n) is 3.98. The molecule has 0 spiro atoms. The third-order valence-corrected chi connectivity index (χ3v) is 3.98. The summed E-state index contributed by atoms with van der Waals surface area (Å²) in [6.07, 6.45) is 0. The number of nitrogens with one attached hydrogen (secondary N) is 2. The van der Waals surface area contributed by atoms with Gasteiger partial charge in [0.2, 0.25) is 0 Å². The van der Waals surface area contributed by atoms with Crippen LogP contribution in [0.15, 0.2) is 54.6 Å². The van der Waals surface area contributed by atoms with E-state index in [-0.39, 0.29) is 5.91 Å². The maximum Gasteiger partial charge on any atom is 0.274 e. The average molecular weight is 362 g/mol. The molecule has 138 valence electrons. The van der Waals surface area contributed by atoms with Gasteiger partial charge in [0, 0.05) is 18.3 Å². The van der Waals surface area contributed by atoms with Crippen LogP contribution in [0.5, 0.6) is 5.75 Å². The van der Waals surface area contributed by atoms with E-state index in [9.17, 15) is 4.79 Å². The average Bonchev–Trinajstić information content (AvgIpc) is 2.66. The van der Waals surface area contributed by atoms with Crippen LogP contribution in [0.3, 0.4) is 0 Å². The third kappa shape index (κ3) is 5.04. The molecule has 0 aliphatic heterocycles. The second-order valence-electron chi connectivity index (χ2n) is 6.21. The van der Waals surface area contributed by atoms with Crippen molar-refractivity contribution in [3.05, 3.63) is 77.2 Å². The highest BCUT2D eigenvalue weighted by Crippen LogP contribution is 2.15. The molecule has 0 unspecified atom stereocenters. The number of ether oxygens (including phenoxy) is 1. The van der Waals surface area contributed by atoms with Gasteiger partial charge in [0.25, 0.3) is 5.91 Å². The largest absolute Gasteiger partial charge is 0.497 e. The minimum Gasteiger partial charge on any atom is -0.497 e. The maximum atomic E-state index is 12.5. The molecular weight excluding hydrogens is 340 g/mol. The van der Waals surface area contributed by atoms with Gasteiger partial charge in [0.05, 0.1) is 7.11 Å². The van der Waals surface area contributed by atoms with Gasteiger partial charge in [0.15, 0.2) is 0 Å². The Balaban J connectivity index is 1.70. The molecule has 0 saturated heterocycles. The SMILES string of the molecule is COc1ccc(CNc2cc(C(=O)Nc3cccc(C)c3)nc(C)n2)cc1. The standard InChI is InChI=1S/C21H22N4O2/c1-14-5-4-6-17(11-14)25-21(26)19-12-20(24-15(2)23-19)22-13-16-7-9-18(27-3)10-8-16/h4-12H,13H2,1-3H3,(H,25,26)(H,22,23,24). The summed E-state index contributed by atoms with van der Waals surface area (Å²) in [7, 11) is 1.64. The Morgan fingerprint density at radius 2 is 1.81 bits per heavy atom. The number of anilines is 2. The van der Waals surface area contributed by atoms with E-state index in [0.29, 0.717) is 23.9 Å². The second kappa shape index (κ2) is 8.31. The summed E-state index contributed by atoms with van der Waals surface area (Å²) in [5, 5.41) is 6.10. The number of benzene rings is 2. The van der Waals surface area contributed by atoms with Crippen molar-refractivity contribution in [2.75, 3.05) is 17.7 Å². The smallest absolute Gasteiger partial charge is 0.274 e. The zero-order valence-corrected chi connectivity index (χ0v) is 15.6. The first-order valence-corrected chi connectivity index (χ1v) is 8.64. The van der Waals surface area contributed by atoms with Crippen LogP contribution >= 0.6 is 0 Å². The van der Waals surface area contributed by atoms with Crippen molar-refractivity contribution < 1.29 is 9.53 Å². The lowest BCUT2D eigenvalue weighted by Crippen LogP contribution is -2.16. The Kier molecular flexibility index (Phi) is 5.66. The van der Waals surface area contributed by atoms with Crippen LogP contribution in [0.2, 0.25) is 0 Å². The predicted octanol–water partition coefficient (Wildman–Crippen LogP) is 3.97. The number of hydrogen-bond donors (Lipinski definition) is 2. The van der Waals surface area contributed by atoms with Gasteiger partial charge in [-0.3, -0.25) is 4.79 Å². The van der Waals surface area contributed by atoms with Gasteiger partial charge in [-0.1, -0.05) is 24.3 Å². The number of carbonyl (C=O) groups excluding carboxylic acids is 1. The summed E-state index contributed by atoms with van der Waals surface area (Å²) in [6.45, 7) is 4.33. The summed E-state index contributed by atoms with van der Waals surface area (Å²) in [5.41, 5.74) is 3.22. The van der Waals surface area contributed by atoms with E-state index in [4.69, 9.17) is 4.74 Å². The van der Waals surface area contributed by atoms with Crippen LogP contribution in [0.1, 0.15) is 27.4 Å². The van der Waals surface area contributed by atoms with Crippen molar-refractivity contribution in [1.29, 1.82) is 0 Å². The summed E-state index contributed by atoms with van der Waals surface area (Å²) in [5.74, 6) is 1.68. The van der Waals surface area contributed by atoms with E-state index >= 15 is 0 Å². The van der Waals surface area contributed by atoms with Crippen molar-refractivity contribution in [3.8, 4) is 5.75 Å². The quantitative estimate of drug-likeness (QED) is 0.694. The van der Waals surface area contributed by atoms with Gasteiger partial charge >= 0.3 is 0 Å². The molecular formula is C21H22N4O2. The van der Waals surface area contributed by atoms with E-state index in [1.807, 2.05) is 55.5 Å². The van der Waals surface area contributed by atoms with Crippen molar-refractivity contribution in [2.45, 2.75) is 20.4 Å². The van der Waals surface area contributed by atoms with E-state index in [1.54, 1.807) is 20.1 Å². The van der Waals surface area contributed by atoms with Crippen LogP contribution in [0, 0.1) is 13.8 Å². The van der Waals surface area contributed by atoms with Gasteiger partial charge in [0.1, 0.15) is 23.1 Å². The van der Waals surface area contributed by atoms with Crippen molar-refractivity contribution in [2.24, 2.45) is 0 Å². The zero-order chi connectivity index (χ0) is 19.2. The highest BCUT2D eigenvalue weighted by Gasteiger charge is 2.11. The van der Waals surface area contributed by atoms with Gasteiger partial charge in [-0.05, 0) is 49.2 Å². The van der Waals surface area contributed by atoms with E-state index in [1.165, 1.54) is 0 Å².